The molecule has 0 saturated heterocycles. The van der Waals surface area contributed by atoms with Crippen LogP contribution in [0.2, 0.25) is 5.02 Å². The molecule has 0 aliphatic carbocycles. The van der Waals surface area contributed by atoms with Gasteiger partial charge in [-0.05, 0) is 28.1 Å². The third-order valence-electron chi connectivity index (χ3n) is 3.21. The number of halogens is 2. The summed E-state index contributed by atoms with van der Waals surface area (Å²) < 4.78 is 5.76. The Morgan fingerprint density at radius 2 is 2.04 bits per heavy atom. The third kappa shape index (κ3) is 9.18. The third-order valence-corrected chi connectivity index (χ3v) is 5.88. The molecular formula is C16H19BrClN5O3S2. The van der Waals surface area contributed by atoms with Gasteiger partial charge in [0.15, 0.2) is 5.82 Å². The maximum absolute atomic E-state index is 10.8. The molecule has 2 N–H and O–H groups in total. The van der Waals surface area contributed by atoms with E-state index in [-0.39, 0.29) is 0 Å². The SMILES string of the molecule is O=[N+]([O-])C=C(NCCSCc1cc(Br)no1)NCCSCc1ncccc1Cl. The zero-order chi connectivity index (χ0) is 20.2. The predicted octanol–water partition coefficient (Wildman–Crippen LogP) is 3.91. The molecule has 0 atom stereocenters. The Labute approximate surface area is 184 Å². The number of aromatic nitrogens is 2. The van der Waals surface area contributed by atoms with E-state index in [0.29, 0.717) is 40.0 Å². The van der Waals surface area contributed by atoms with E-state index >= 15 is 0 Å². The Bertz CT molecular complexity index is 793. The van der Waals surface area contributed by atoms with Gasteiger partial charge in [-0.2, -0.15) is 23.5 Å². The second-order valence-electron chi connectivity index (χ2n) is 5.33. The number of nitrogens with one attached hydrogen (secondary N) is 2. The molecule has 2 heterocycles. The highest BCUT2D eigenvalue weighted by atomic mass is 79.9. The minimum absolute atomic E-state index is 0.393. The van der Waals surface area contributed by atoms with E-state index in [1.165, 1.54) is 0 Å². The van der Waals surface area contributed by atoms with Crippen molar-refractivity contribution in [2.24, 2.45) is 0 Å². The first-order valence-corrected chi connectivity index (χ1v) is 11.7. The Hall–Kier alpha value is -1.43. The maximum Gasteiger partial charge on any atom is 0.274 e. The van der Waals surface area contributed by atoms with E-state index in [2.05, 4.69) is 36.7 Å². The molecule has 0 radical (unpaired) electrons. The predicted molar refractivity (Wildman–Crippen MR) is 117 cm³/mol. The smallest absolute Gasteiger partial charge is 0.274 e. The van der Waals surface area contributed by atoms with Crippen LogP contribution in [0.5, 0.6) is 0 Å². The topological polar surface area (TPSA) is 106 Å². The fraction of sp³-hybridized carbons (Fsp3) is 0.375. The lowest BCUT2D eigenvalue weighted by molar-refractivity contribution is -0.404. The van der Waals surface area contributed by atoms with Crippen LogP contribution in [0.25, 0.3) is 0 Å². The Morgan fingerprint density at radius 3 is 2.64 bits per heavy atom. The molecule has 0 bridgehead atoms. The molecular weight excluding hydrogens is 490 g/mol. The lowest BCUT2D eigenvalue weighted by Crippen LogP contribution is -2.30. The Kier molecular flexibility index (Phi) is 10.5. The van der Waals surface area contributed by atoms with Crippen LogP contribution in [0.1, 0.15) is 11.5 Å². The number of nitro groups is 1. The van der Waals surface area contributed by atoms with Crippen molar-refractivity contribution in [1.29, 1.82) is 0 Å². The van der Waals surface area contributed by atoms with Crippen molar-refractivity contribution in [3.05, 3.63) is 67.6 Å². The summed E-state index contributed by atoms with van der Waals surface area (Å²) in [6.07, 6.45) is 2.65. The van der Waals surface area contributed by atoms with Crippen molar-refractivity contribution in [1.82, 2.24) is 20.8 Å². The van der Waals surface area contributed by atoms with E-state index in [9.17, 15) is 10.1 Å². The summed E-state index contributed by atoms with van der Waals surface area (Å²) in [7, 11) is 0. The minimum atomic E-state index is -0.477. The summed E-state index contributed by atoms with van der Waals surface area (Å²) in [4.78, 5) is 14.5. The van der Waals surface area contributed by atoms with E-state index in [4.69, 9.17) is 16.1 Å². The first kappa shape index (κ1) is 22.9. The summed E-state index contributed by atoms with van der Waals surface area (Å²) in [6.45, 7) is 1.17. The van der Waals surface area contributed by atoms with Gasteiger partial charge in [0.05, 0.1) is 21.4 Å². The second-order valence-corrected chi connectivity index (χ2v) is 8.76. The van der Waals surface area contributed by atoms with Gasteiger partial charge in [0.1, 0.15) is 10.4 Å². The molecule has 0 aliphatic heterocycles. The number of rotatable bonds is 13. The van der Waals surface area contributed by atoms with Gasteiger partial charge < -0.3 is 15.2 Å². The standard InChI is InChI=1S/C16H19BrClN5O3S2/c17-15-8-12(26-22-15)10-27-6-4-20-16(9-23(24)25)21-5-7-28-11-14-13(18)2-1-3-19-14/h1-3,8-9,20-21H,4-7,10-11H2. The van der Waals surface area contributed by atoms with E-state index < -0.39 is 4.92 Å². The molecule has 2 rings (SSSR count). The largest absolute Gasteiger partial charge is 0.366 e. The monoisotopic (exact) mass is 507 g/mol. The summed E-state index contributed by atoms with van der Waals surface area (Å²) >= 11 is 12.6. The summed E-state index contributed by atoms with van der Waals surface area (Å²) in [5.41, 5.74) is 0.837. The van der Waals surface area contributed by atoms with Crippen LogP contribution in [0.3, 0.4) is 0 Å². The normalized spacial score (nSPS) is 11.4. The van der Waals surface area contributed by atoms with E-state index in [1.54, 1.807) is 35.8 Å². The average molecular weight is 509 g/mol. The Balaban J connectivity index is 1.62. The first-order chi connectivity index (χ1) is 13.5. The molecule has 8 nitrogen and oxygen atoms in total. The number of thioether (sulfide) groups is 2. The highest BCUT2D eigenvalue weighted by molar-refractivity contribution is 9.10. The molecule has 0 saturated carbocycles. The van der Waals surface area contributed by atoms with Crippen molar-refractivity contribution >= 4 is 51.1 Å². The highest BCUT2D eigenvalue weighted by Gasteiger charge is 2.05. The van der Waals surface area contributed by atoms with Gasteiger partial charge in [-0.25, -0.2) is 0 Å². The zero-order valence-corrected chi connectivity index (χ0v) is 18.7. The van der Waals surface area contributed by atoms with Crippen LogP contribution >= 0.6 is 51.1 Å². The molecule has 2 aromatic rings. The van der Waals surface area contributed by atoms with Crippen molar-refractivity contribution in [2.75, 3.05) is 24.6 Å². The van der Waals surface area contributed by atoms with Gasteiger partial charge in [0.25, 0.3) is 6.20 Å². The van der Waals surface area contributed by atoms with Crippen molar-refractivity contribution in [2.45, 2.75) is 11.5 Å². The molecule has 152 valence electrons. The Morgan fingerprint density at radius 1 is 1.32 bits per heavy atom. The molecule has 0 spiro atoms. The summed E-state index contributed by atoms with van der Waals surface area (Å²) in [6, 6.07) is 5.42. The van der Waals surface area contributed by atoms with Gasteiger partial charge in [0, 0.05) is 42.6 Å². The molecule has 0 aliphatic rings. The van der Waals surface area contributed by atoms with Crippen LogP contribution in [0, 0.1) is 10.1 Å². The first-order valence-electron chi connectivity index (χ1n) is 8.23. The van der Waals surface area contributed by atoms with Crippen LogP contribution in [-0.4, -0.2) is 39.7 Å². The van der Waals surface area contributed by atoms with Gasteiger partial charge >= 0.3 is 0 Å². The average Bonchev–Trinajstić information content (AvgIpc) is 3.07. The van der Waals surface area contributed by atoms with Crippen molar-refractivity contribution in [3.8, 4) is 0 Å². The molecule has 0 fully saturated rings. The van der Waals surface area contributed by atoms with Gasteiger partial charge in [-0.1, -0.05) is 16.8 Å². The van der Waals surface area contributed by atoms with Gasteiger partial charge in [-0.3, -0.25) is 15.1 Å². The minimum Gasteiger partial charge on any atom is -0.366 e. The maximum atomic E-state index is 10.8. The lowest BCUT2D eigenvalue weighted by Gasteiger charge is -2.11. The molecule has 0 aromatic carbocycles. The van der Waals surface area contributed by atoms with E-state index in [0.717, 1.165) is 29.2 Å². The number of nitrogens with zero attached hydrogens (tertiary/aromatic N) is 3. The van der Waals surface area contributed by atoms with E-state index in [1.807, 2.05) is 12.1 Å². The molecule has 0 amide bonds. The van der Waals surface area contributed by atoms with Crippen molar-refractivity contribution < 1.29 is 9.45 Å². The summed E-state index contributed by atoms with van der Waals surface area (Å²) in [5.74, 6) is 4.08. The lowest BCUT2D eigenvalue weighted by atomic mass is 10.4. The highest BCUT2D eigenvalue weighted by Crippen LogP contribution is 2.18. The number of pyridine rings is 1. The summed E-state index contributed by atoms with van der Waals surface area (Å²) in [5, 5.41) is 21.3. The molecule has 12 heteroatoms. The van der Waals surface area contributed by atoms with Gasteiger partial charge in [0.2, 0.25) is 0 Å². The molecule has 0 unspecified atom stereocenters. The van der Waals surface area contributed by atoms with Crippen LogP contribution < -0.4 is 10.6 Å². The van der Waals surface area contributed by atoms with Crippen LogP contribution in [-0.2, 0) is 11.5 Å². The quantitative estimate of drug-likeness (QED) is 0.237. The molecule has 2 aromatic heterocycles. The molecule has 28 heavy (non-hydrogen) atoms. The van der Waals surface area contributed by atoms with Crippen LogP contribution in [0.4, 0.5) is 0 Å². The van der Waals surface area contributed by atoms with Crippen molar-refractivity contribution in [3.63, 3.8) is 0 Å². The van der Waals surface area contributed by atoms with Crippen LogP contribution in [0.15, 0.2) is 45.5 Å². The second kappa shape index (κ2) is 12.9. The number of hydrogen-bond acceptors (Lipinski definition) is 9. The van der Waals surface area contributed by atoms with Gasteiger partial charge in [-0.15, -0.1) is 0 Å². The fourth-order valence-electron chi connectivity index (χ4n) is 2.00. The number of hydrogen-bond donors (Lipinski definition) is 2. The zero-order valence-electron chi connectivity index (χ0n) is 14.8. The fourth-order valence-corrected chi connectivity index (χ4v) is 4.13.